The molecule has 2 aromatic carbocycles. The van der Waals surface area contributed by atoms with Crippen molar-refractivity contribution in [1.29, 1.82) is 0 Å². The second-order valence-electron chi connectivity index (χ2n) is 7.88. The number of oxazole rings is 1. The molecule has 0 spiro atoms. The molecule has 3 aromatic rings. The Bertz CT molecular complexity index is 995. The molecule has 5 nitrogen and oxygen atoms in total. The molecule has 2 heterocycles. The van der Waals surface area contributed by atoms with E-state index < -0.39 is 0 Å². The third-order valence-electron chi connectivity index (χ3n) is 5.95. The first-order chi connectivity index (χ1) is 14.3. The van der Waals surface area contributed by atoms with Crippen LogP contribution in [-0.2, 0) is 13.0 Å². The molecule has 0 N–H and O–H groups in total. The van der Waals surface area contributed by atoms with Gasteiger partial charge in [0.05, 0.1) is 33.0 Å². The summed E-state index contributed by atoms with van der Waals surface area (Å²) < 4.78 is 17.2. The van der Waals surface area contributed by atoms with E-state index in [9.17, 15) is 0 Å². The van der Waals surface area contributed by atoms with Gasteiger partial charge in [0.2, 0.25) is 0 Å². The molecule has 0 radical (unpaired) electrons. The standard InChI is InChI=1S/C24H26N2O3/c1-27-21-12-18-10-11-26(15-19-14-25-24(29-19)17-8-9-17)23(16-6-4-3-5-7-16)20(18)13-22(21)28-2/h3-7,12-14,17,23H,8-11,15H2,1-2H3. The van der Waals surface area contributed by atoms with E-state index in [0.717, 1.165) is 42.7 Å². The van der Waals surface area contributed by atoms with Gasteiger partial charge in [0.1, 0.15) is 5.76 Å². The van der Waals surface area contributed by atoms with E-state index in [-0.39, 0.29) is 6.04 Å². The number of hydrogen-bond acceptors (Lipinski definition) is 5. The number of nitrogens with zero attached hydrogens (tertiary/aromatic N) is 2. The highest BCUT2D eigenvalue weighted by Crippen LogP contribution is 2.42. The van der Waals surface area contributed by atoms with Crippen molar-refractivity contribution in [1.82, 2.24) is 9.88 Å². The van der Waals surface area contributed by atoms with Gasteiger partial charge >= 0.3 is 0 Å². The van der Waals surface area contributed by atoms with Crippen molar-refractivity contribution in [3.05, 3.63) is 77.0 Å². The zero-order valence-electron chi connectivity index (χ0n) is 16.9. The predicted octanol–water partition coefficient (Wildman–Crippen LogP) is 4.72. The second-order valence-corrected chi connectivity index (χ2v) is 7.88. The van der Waals surface area contributed by atoms with Gasteiger partial charge in [-0.1, -0.05) is 30.3 Å². The molecule has 1 atom stereocenters. The minimum absolute atomic E-state index is 0.134. The number of ether oxygens (including phenoxy) is 2. The van der Waals surface area contributed by atoms with Crippen molar-refractivity contribution in [2.24, 2.45) is 0 Å². The first kappa shape index (κ1) is 18.3. The zero-order valence-corrected chi connectivity index (χ0v) is 16.9. The molecule has 1 aliphatic heterocycles. The molecule has 5 heteroatoms. The lowest BCUT2D eigenvalue weighted by Crippen LogP contribution is -2.35. The Hall–Kier alpha value is -2.79. The molecule has 1 aliphatic carbocycles. The molecular formula is C24H26N2O3. The lowest BCUT2D eigenvalue weighted by atomic mass is 9.87. The van der Waals surface area contributed by atoms with Gasteiger partial charge in [-0.2, -0.15) is 0 Å². The van der Waals surface area contributed by atoms with Crippen molar-refractivity contribution >= 4 is 0 Å². The number of hydrogen-bond donors (Lipinski definition) is 0. The summed E-state index contributed by atoms with van der Waals surface area (Å²) in [5.74, 6) is 3.94. The van der Waals surface area contributed by atoms with Gasteiger partial charge in [0.25, 0.3) is 0 Å². The summed E-state index contributed by atoms with van der Waals surface area (Å²) in [6.45, 7) is 1.69. The summed E-state index contributed by atoms with van der Waals surface area (Å²) in [5.41, 5.74) is 3.84. The van der Waals surface area contributed by atoms with Crippen molar-refractivity contribution in [2.75, 3.05) is 20.8 Å². The van der Waals surface area contributed by atoms with Gasteiger partial charge in [0.15, 0.2) is 17.4 Å². The number of fused-ring (bicyclic) bond motifs is 1. The van der Waals surface area contributed by atoms with Gasteiger partial charge in [-0.05, 0) is 48.1 Å². The summed E-state index contributed by atoms with van der Waals surface area (Å²) in [5, 5.41) is 0. The Kier molecular flexibility index (Phi) is 4.76. The van der Waals surface area contributed by atoms with Crippen molar-refractivity contribution in [2.45, 2.75) is 37.8 Å². The smallest absolute Gasteiger partial charge is 0.197 e. The van der Waals surface area contributed by atoms with E-state index in [1.807, 2.05) is 6.20 Å². The van der Waals surface area contributed by atoms with E-state index in [2.05, 4.69) is 52.3 Å². The molecule has 1 unspecified atom stereocenters. The Labute approximate surface area is 171 Å². The number of methoxy groups -OCH3 is 2. The van der Waals surface area contributed by atoms with Crippen LogP contribution in [0.15, 0.2) is 53.1 Å². The van der Waals surface area contributed by atoms with Crippen LogP contribution >= 0.6 is 0 Å². The molecule has 150 valence electrons. The molecule has 1 saturated carbocycles. The fraction of sp³-hybridized carbons (Fsp3) is 0.375. The van der Waals surface area contributed by atoms with Crippen molar-refractivity contribution < 1.29 is 13.9 Å². The van der Waals surface area contributed by atoms with E-state index in [1.165, 1.54) is 29.5 Å². The lowest BCUT2D eigenvalue weighted by molar-refractivity contribution is 0.186. The third kappa shape index (κ3) is 3.51. The molecule has 0 amide bonds. The third-order valence-corrected chi connectivity index (χ3v) is 5.95. The molecule has 2 aliphatic rings. The Morgan fingerprint density at radius 2 is 1.83 bits per heavy atom. The van der Waals surface area contributed by atoms with Gasteiger partial charge in [-0.15, -0.1) is 0 Å². The van der Waals surface area contributed by atoms with Gasteiger partial charge in [-0.25, -0.2) is 4.98 Å². The van der Waals surface area contributed by atoms with Crippen molar-refractivity contribution in [3.8, 4) is 11.5 Å². The quantitative estimate of drug-likeness (QED) is 0.610. The van der Waals surface area contributed by atoms with Crippen LogP contribution in [0, 0.1) is 0 Å². The molecule has 0 bridgehead atoms. The van der Waals surface area contributed by atoms with Gasteiger partial charge < -0.3 is 13.9 Å². The number of aromatic nitrogens is 1. The van der Waals surface area contributed by atoms with Crippen LogP contribution in [0.3, 0.4) is 0 Å². The monoisotopic (exact) mass is 390 g/mol. The summed E-state index contributed by atoms with van der Waals surface area (Å²) >= 11 is 0. The normalized spacial score (nSPS) is 19.0. The Morgan fingerprint density at radius 3 is 2.55 bits per heavy atom. The number of benzene rings is 2. The highest BCUT2D eigenvalue weighted by Gasteiger charge is 2.32. The van der Waals surface area contributed by atoms with E-state index >= 15 is 0 Å². The van der Waals surface area contributed by atoms with Crippen LogP contribution in [0.5, 0.6) is 11.5 Å². The number of rotatable bonds is 6. The summed E-state index contributed by atoms with van der Waals surface area (Å²) in [6, 6.07) is 15.0. The van der Waals surface area contributed by atoms with Crippen LogP contribution in [0.4, 0.5) is 0 Å². The van der Waals surface area contributed by atoms with Crippen LogP contribution in [-0.4, -0.2) is 30.6 Å². The van der Waals surface area contributed by atoms with Gasteiger partial charge in [-0.3, -0.25) is 4.90 Å². The average molecular weight is 390 g/mol. The van der Waals surface area contributed by atoms with Crippen LogP contribution < -0.4 is 9.47 Å². The summed E-state index contributed by atoms with van der Waals surface area (Å²) in [6.07, 6.45) is 5.26. The first-order valence-corrected chi connectivity index (χ1v) is 10.2. The largest absolute Gasteiger partial charge is 0.493 e. The van der Waals surface area contributed by atoms with Crippen LogP contribution in [0.25, 0.3) is 0 Å². The fourth-order valence-corrected chi connectivity index (χ4v) is 4.31. The molecule has 0 saturated heterocycles. The molecular weight excluding hydrogens is 364 g/mol. The van der Waals surface area contributed by atoms with Gasteiger partial charge in [0, 0.05) is 12.5 Å². The summed E-state index contributed by atoms with van der Waals surface area (Å²) in [7, 11) is 3.38. The van der Waals surface area contributed by atoms with Crippen LogP contribution in [0.2, 0.25) is 0 Å². The maximum absolute atomic E-state index is 6.07. The minimum Gasteiger partial charge on any atom is -0.493 e. The molecule has 1 fully saturated rings. The Balaban J connectivity index is 1.53. The maximum atomic E-state index is 6.07. The summed E-state index contributed by atoms with van der Waals surface area (Å²) in [4.78, 5) is 6.98. The van der Waals surface area contributed by atoms with E-state index in [4.69, 9.17) is 13.9 Å². The molecule has 1 aromatic heterocycles. The highest BCUT2D eigenvalue weighted by molar-refractivity contribution is 5.51. The SMILES string of the molecule is COc1cc2c(cc1OC)C(c1ccccc1)N(Cc1cnc(C3CC3)o1)CC2. The second kappa shape index (κ2) is 7.56. The Morgan fingerprint density at radius 1 is 1.07 bits per heavy atom. The first-order valence-electron chi connectivity index (χ1n) is 10.2. The predicted molar refractivity (Wildman–Crippen MR) is 110 cm³/mol. The fourth-order valence-electron chi connectivity index (χ4n) is 4.31. The van der Waals surface area contributed by atoms with Crippen LogP contribution in [0.1, 0.15) is 53.1 Å². The lowest BCUT2D eigenvalue weighted by Gasteiger charge is -2.37. The van der Waals surface area contributed by atoms with E-state index in [1.54, 1.807) is 14.2 Å². The van der Waals surface area contributed by atoms with Crippen molar-refractivity contribution in [3.63, 3.8) is 0 Å². The average Bonchev–Trinajstić information content (AvgIpc) is 3.52. The molecule has 29 heavy (non-hydrogen) atoms. The molecule has 5 rings (SSSR count). The topological polar surface area (TPSA) is 47.7 Å². The maximum Gasteiger partial charge on any atom is 0.197 e. The highest BCUT2D eigenvalue weighted by atomic mass is 16.5. The van der Waals surface area contributed by atoms with E-state index in [0.29, 0.717) is 5.92 Å². The minimum atomic E-state index is 0.134. The zero-order chi connectivity index (χ0) is 19.8.